The Morgan fingerprint density at radius 3 is 2.50 bits per heavy atom. The molecule has 0 saturated carbocycles. The third kappa shape index (κ3) is 3.72. The highest BCUT2D eigenvalue weighted by molar-refractivity contribution is 6.00. The lowest BCUT2D eigenvalue weighted by atomic mass is 10.1. The summed E-state index contributed by atoms with van der Waals surface area (Å²) in [4.78, 5) is 17.1. The van der Waals surface area contributed by atoms with E-state index in [-0.39, 0.29) is 17.2 Å². The first-order chi connectivity index (χ1) is 14.5. The molecule has 1 fully saturated rings. The quantitative estimate of drug-likeness (QED) is 0.660. The minimum Gasteiger partial charge on any atom is -0.495 e. The van der Waals surface area contributed by atoms with Crippen LogP contribution in [0.25, 0.3) is 11.3 Å². The Hall–Kier alpha value is -3.42. The predicted molar refractivity (Wildman–Crippen MR) is 110 cm³/mol. The monoisotopic (exact) mass is 412 g/mol. The van der Waals surface area contributed by atoms with E-state index in [1.807, 2.05) is 24.3 Å². The fraction of sp³-hybridized carbons (Fsp3) is 0.273. The molecule has 2 aromatic carbocycles. The molecule has 0 N–H and O–H groups in total. The number of benzene rings is 2. The number of hydrogen-bond acceptors (Lipinski definition) is 4. The number of nitrogens with zero attached hydrogens (tertiary/aromatic N) is 4. The van der Waals surface area contributed by atoms with E-state index in [0.717, 1.165) is 23.6 Å². The molecule has 1 saturated heterocycles. The van der Waals surface area contributed by atoms with Gasteiger partial charge in [0.1, 0.15) is 23.1 Å². The van der Waals surface area contributed by atoms with Crippen molar-refractivity contribution in [3.8, 4) is 17.0 Å². The van der Waals surface area contributed by atoms with Crippen LogP contribution in [0.1, 0.15) is 10.4 Å². The van der Waals surface area contributed by atoms with Gasteiger partial charge in [-0.1, -0.05) is 12.1 Å². The van der Waals surface area contributed by atoms with E-state index in [9.17, 15) is 13.6 Å². The first kappa shape index (κ1) is 19.9. The van der Waals surface area contributed by atoms with Crippen LogP contribution in [0.4, 0.5) is 14.5 Å². The normalized spacial score (nSPS) is 14.1. The van der Waals surface area contributed by atoms with Gasteiger partial charge in [0, 0.05) is 51.1 Å². The molecule has 0 bridgehead atoms. The second kappa shape index (κ2) is 8.14. The predicted octanol–water partition coefficient (Wildman–Crippen LogP) is 3.34. The molecule has 0 spiro atoms. The number of aromatic nitrogens is 2. The van der Waals surface area contributed by atoms with Crippen LogP contribution in [0.2, 0.25) is 0 Å². The van der Waals surface area contributed by atoms with Crippen molar-refractivity contribution in [2.24, 2.45) is 7.05 Å². The summed E-state index contributed by atoms with van der Waals surface area (Å²) in [6, 6.07) is 11.0. The Morgan fingerprint density at radius 2 is 1.80 bits per heavy atom. The SMILES string of the molecule is COc1ccccc1N1CCN(C(=O)c2cn(C)nc2-c2ccc(F)cc2F)CC1. The lowest BCUT2D eigenvalue weighted by Gasteiger charge is -2.36. The number of anilines is 1. The fourth-order valence-electron chi connectivity index (χ4n) is 3.74. The number of carbonyl (C=O) groups is 1. The summed E-state index contributed by atoms with van der Waals surface area (Å²) in [5.41, 5.74) is 1.61. The zero-order valence-electron chi connectivity index (χ0n) is 16.8. The Bertz CT molecular complexity index is 1070. The number of methoxy groups -OCH3 is 1. The van der Waals surface area contributed by atoms with Gasteiger partial charge < -0.3 is 14.5 Å². The summed E-state index contributed by atoms with van der Waals surface area (Å²) in [5, 5.41) is 4.25. The molecule has 8 heteroatoms. The second-order valence-electron chi connectivity index (χ2n) is 7.14. The molecule has 156 valence electrons. The zero-order chi connectivity index (χ0) is 21.3. The van der Waals surface area contributed by atoms with E-state index < -0.39 is 11.6 Å². The van der Waals surface area contributed by atoms with Crippen LogP contribution in [0.5, 0.6) is 5.75 Å². The number of rotatable bonds is 4. The van der Waals surface area contributed by atoms with Gasteiger partial charge in [-0.3, -0.25) is 9.48 Å². The molecule has 3 aromatic rings. The average Bonchev–Trinajstić information content (AvgIpc) is 3.14. The third-order valence-electron chi connectivity index (χ3n) is 5.24. The van der Waals surface area contributed by atoms with Crippen LogP contribution in [0.15, 0.2) is 48.7 Å². The number of hydrogen-bond donors (Lipinski definition) is 0. The molecule has 0 radical (unpaired) electrons. The van der Waals surface area contributed by atoms with Crippen molar-refractivity contribution < 1.29 is 18.3 Å². The number of piperazine rings is 1. The summed E-state index contributed by atoms with van der Waals surface area (Å²) in [7, 11) is 3.30. The van der Waals surface area contributed by atoms with Crippen LogP contribution in [0.3, 0.4) is 0 Å². The van der Waals surface area contributed by atoms with Crippen LogP contribution in [-0.2, 0) is 7.05 Å². The Labute approximate surface area is 173 Å². The first-order valence-corrected chi connectivity index (χ1v) is 9.64. The van der Waals surface area contributed by atoms with Crippen molar-refractivity contribution in [3.05, 3.63) is 65.9 Å². The van der Waals surface area contributed by atoms with E-state index in [1.165, 1.54) is 10.7 Å². The summed E-state index contributed by atoms with van der Waals surface area (Å²) < 4.78 is 34.5. The van der Waals surface area contributed by atoms with Crippen molar-refractivity contribution in [3.63, 3.8) is 0 Å². The van der Waals surface area contributed by atoms with Gasteiger partial charge in [0.25, 0.3) is 5.91 Å². The van der Waals surface area contributed by atoms with Gasteiger partial charge in [-0.15, -0.1) is 0 Å². The zero-order valence-corrected chi connectivity index (χ0v) is 16.8. The van der Waals surface area contributed by atoms with Gasteiger partial charge in [-0.2, -0.15) is 5.10 Å². The molecule has 2 heterocycles. The molecule has 30 heavy (non-hydrogen) atoms. The van der Waals surface area contributed by atoms with Gasteiger partial charge in [0.2, 0.25) is 0 Å². The molecule has 6 nitrogen and oxygen atoms in total. The van der Waals surface area contributed by atoms with Crippen LogP contribution in [0, 0.1) is 11.6 Å². The Kier molecular flexibility index (Phi) is 5.39. The van der Waals surface area contributed by atoms with Crippen molar-refractivity contribution in [2.75, 3.05) is 38.2 Å². The summed E-state index contributed by atoms with van der Waals surface area (Å²) in [5.74, 6) is -0.851. The highest BCUT2D eigenvalue weighted by Gasteiger charge is 2.27. The summed E-state index contributed by atoms with van der Waals surface area (Å²) in [6.45, 7) is 2.31. The maximum atomic E-state index is 14.3. The molecule has 0 atom stereocenters. The molecule has 0 unspecified atom stereocenters. The first-order valence-electron chi connectivity index (χ1n) is 9.64. The van der Waals surface area contributed by atoms with E-state index in [2.05, 4.69) is 10.00 Å². The van der Waals surface area contributed by atoms with E-state index in [0.29, 0.717) is 31.7 Å². The van der Waals surface area contributed by atoms with E-state index >= 15 is 0 Å². The second-order valence-corrected chi connectivity index (χ2v) is 7.14. The lowest BCUT2D eigenvalue weighted by molar-refractivity contribution is 0.0747. The lowest BCUT2D eigenvalue weighted by Crippen LogP contribution is -2.49. The molecule has 1 amide bonds. The molecular formula is C22H22F2N4O2. The van der Waals surface area contributed by atoms with Crippen molar-refractivity contribution in [1.82, 2.24) is 14.7 Å². The Morgan fingerprint density at radius 1 is 1.07 bits per heavy atom. The van der Waals surface area contributed by atoms with Crippen LogP contribution >= 0.6 is 0 Å². The third-order valence-corrected chi connectivity index (χ3v) is 5.24. The van der Waals surface area contributed by atoms with Crippen molar-refractivity contribution in [2.45, 2.75) is 0 Å². The Balaban J connectivity index is 1.54. The molecule has 0 aliphatic carbocycles. The highest BCUT2D eigenvalue weighted by atomic mass is 19.1. The number of para-hydroxylation sites is 2. The van der Waals surface area contributed by atoms with Crippen LogP contribution < -0.4 is 9.64 Å². The molecular weight excluding hydrogens is 390 g/mol. The highest BCUT2D eigenvalue weighted by Crippen LogP contribution is 2.30. The topological polar surface area (TPSA) is 50.6 Å². The van der Waals surface area contributed by atoms with Gasteiger partial charge in [-0.25, -0.2) is 8.78 Å². The van der Waals surface area contributed by atoms with Gasteiger partial charge in [-0.05, 0) is 24.3 Å². The molecule has 1 aliphatic rings. The number of carbonyl (C=O) groups excluding carboxylic acids is 1. The summed E-state index contributed by atoms with van der Waals surface area (Å²) >= 11 is 0. The van der Waals surface area contributed by atoms with Gasteiger partial charge in [0.15, 0.2) is 0 Å². The standard InChI is InChI=1S/C22H22F2N4O2/c1-26-14-17(21(25-26)16-8-7-15(23)13-18(16)24)22(29)28-11-9-27(10-12-28)19-5-3-4-6-20(19)30-2/h3-8,13-14H,9-12H2,1-2H3. The molecule has 1 aliphatic heterocycles. The number of aryl methyl sites for hydroxylation is 1. The minimum absolute atomic E-state index is 0.105. The molecule has 1 aromatic heterocycles. The molecule has 4 rings (SSSR count). The van der Waals surface area contributed by atoms with Gasteiger partial charge >= 0.3 is 0 Å². The largest absolute Gasteiger partial charge is 0.495 e. The van der Waals surface area contributed by atoms with Crippen LogP contribution in [-0.4, -0.2) is 53.9 Å². The van der Waals surface area contributed by atoms with E-state index in [4.69, 9.17) is 4.74 Å². The number of amides is 1. The maximum Gasteiger partial charge on any atom is 0.257 e. The number of halogens is 2. The number of ether oxygens (including phenoxy) is 1. The van der Waals surface area contributed by atoms with Crippen molar-refractivity contribution in [1.29, 1.82) is 0 Å². The minimum atomic E-state index is -0.747. The van der Waals surface area contributed by atoms with Crippen molar-refractivity contribution >= 4 is 11.6 Å². The average molecular weight is 412 g/mol. The summed E-state index contributed by atoms with van der Waals surface area (Å²) in [6.07, 6.45) is 1.58. The smallest absolute Gasteiger partial charge is 0.257 e. The fourth-order valence-corrected chi connectivity index (χ4v) is 3.74. The maximum absolute atomic E-state index is 14.3. The van der Waals surface area contributed by atoms with E-state index in [1.54, 1.807) is 25.3 Å². The van der Waals surface area contributed by atoms with Gasteiger partial charge in [0.05, 0.1) is 18.4 Å².